The summed E-state index contributed by atoms with van der Waals surface area (Å²) in [7, 11) is 1.67. The van der Waals surface area contributed by atoms with Crippen molar-refractivity contribution in [1.82, 2.24) is 0 Å². The van der Waals surface area contributed by atoms with Crippen LogP contribution in [0.4, 0.5) is 0 Å². The molecule has 2 aliphatic rings. The van der Waals surface area contributed by atoms with Gasteiger partial charge in [-0.15, -0.1) is 0 Å². The van der Waals surface area contributed by atoms with Crippen LogP contribution in [0, 0.1) is 5.92 Å². The Kier molecular flexibility index (Phi) is 6.72. The van der Waals surface area contributed by atoms with Crippen molar-refractivity contribution in [3.05, 3.63) is 58.7 Å². The largest absolute Gasteiger partial charge is 0.508 e. The Bertz CT molecular complexity index is 628. The molecule has 2 bridgehead atoms. The van der Waals surface area contributed by atoms with Crippen molar-refractivity contribution in [2.45, 2.75) is 52.9 Å². The molecule has 24 heavy (non-hydrogen) atoms. The maximum atomic E-state index is 9.67. The first-order chi connectivity index (χ1) is 11.5. The van der Waals surface area contributed by atoms with Crippen molar-refractivity contribution in [3.63, 3.8) is 0 Å². The quantitative estimate of drug-likeness (QED) is 0.720. The third-order valence-corrected chi connectivity index (χ3v) is 4.43. The number of allylic oxidation sites excluding steroid dienone is 6. The third kappa shape index (κ3) is 5.02. The highest BCUT2D eigenvalue weighted by atomic mass is 16.5. The van der Waals surface area contributed by atoms with E-state index in [9.17, 15) is 5.11 Å². The van der Waals surface area contributed by atoms with Gasteiger partial charge in [0.25, 0.3) is 0 Å². The second kappa shape index (κ2) is 8.77. The van der Waals surface area contributed by atoms with E-state index in [0.29, 0.717) is 11.7 Å². The van der Waals surface area contributed by atoms with E-state index in [2.05, 4.69) is 45.1 Å². The zero-order chi connectivity index (χ0) is 17.5. The van der Waals surface area contributed by atoms with Gasteiger partial charge in [0.1, 0.15) is 11.5 Å². The van der Waals surface area contributed by atoms with Gasteiger partial charge in [0, 0.05) is 6.07 Å². The predicted octanol–water partition coefficient (Wildman–Crippen LogP) is 5.75. The fourth-order valence-corrected chi connectivity index (χ4v) is 3.09. The number of benzene rings is 1. The van der Waals surface area contributed by atoms with Crippen LogP contribution in [-0.4, -0.2) is 12.2 Å². The van der Waals surface area contributed by atoms with Crippen LogP contribution in [0.15, 0.2) is 47.6 Å². The maximum absolute atomic E-state index is 9.67. The van der Waals surface area contributed by atoms with Crippen LogP contribution < -0.4 is 4.74 Å². The Morgan fingerprint density at radius 2 is 1.75 bits per heavy atom. The van der Waals surface area contributed by atoms with E-state index in [4.69, 9.17) is 4.74 Å². The molecule has 0 unspecified atom stereocenters. The van der Waals surface area contributed by atoms with Gasteiger partial charge in [-0.05, 0) is 59.9 Å². The number of rotatable bonds is 6. The predicted molar refractivity (Wildman–Crippen MR) is 102 cm³/mol. The summed E-state index contributed by atoms with van der Waals surface area (Å²) in [4.78, 5) is 0. The van der Waals surface area contributed by atoms with Gasteiger partial charge in [-0.2, -0.15) is 0 Å². The molecule has 2 aliphatic carbocycles. The Balaban J connectivity index is 0.000000242. The van der Waals surface area contributed by atoms with Crippen LogP contribution in [-0.2, 0) is 12.8 Å². The summed E-state index contributed by atoms with van der Waals surface area (Å²) >= 11 is 0. The van der Waals surface area contributed by atoms with E-state index in [0.717, 1.165) is 31.4 Å². The van der Waals surface area contributed by atoms with Crippen LogP contribution >= 0.6 is 0 Å². The van der Waals surface area contributed by atoms with E-state index in [1.54, 1.807) is 13.2 Å². The van der Waals surface area contributed by atoms with Gasteiger partial charge in [-0.25, -0.2) is 0 Å². The van der Waals surface area contributed by atoms with Gasteiger partial charge in [-0.3, -0.25) is 0 Å². The molecule has 130 valence electrons. The van der Waals surface area contributed by atoms with E-state index in [1.807, 2.05) is 6.07 Å². The van der Waals surface area contributed by atoms with Gasteiger partial charge >= 0.3 is 0 Å². The molecule has 0 radical (unpaired) electrons. The van der Waals surface area contributed by atoms with Crippen molar-refractivity contribution in [3.8, 4) is 11.5 Å². The second-order valence-corrected chi connectivity index (χ2v) is 6.96. The highest BCUT2D eigenvalue weighted by Gasteiger charge is 2.11. The van der Waals surface area contributed by atoms with Crippen molar-refractivity contribution < 1.29 is 9.84 Å². The summed E-state index contributed by atoms with van der Waals surface area (Å²) < 4.78 is 5.39. The summed E-state index contributed by atoms with van der Waals surface area (Å²) in [6.07, 6.45) is 14.2. The first-order valence-corrected chi connectivity index (χ1v) is 9.00. The standard InChI is InChI=1S/C15H24O2.C7H6/c1-5-6-12-9-13(16)10-15(17-4)14(12)8-7-11(2)3;1-2-7-4-3-6(1)5-7/h9-11,16H,5-8H2,1-4H3;1-4H,5H2. The Labute approximate surface area is 146 Å². The highest BCUT2D eigenvalue weighted by Crippen LogP contribution is 2.31. The molecule has 0 saturated heterocycles. The molecular weight excluding hydrogens is 296 g/mol. The lowest BCUT2D eigenvalue weighted by atomic mass is 9.95. The fraction of sp³-hybridized carbons (Fsp3) is 0.455. The topological polar surface area (TPSA) is 29.5 Å². The summed E-state index contributed by atoms with van der Waals surface area (Å²) in [6, 6.07) is 3.59. The first-order valence-electron chi connectivity index (χ1n) is 9.00. The molecule has 1 N–H and O–H groups in total. The maximum Gasteiger partial charge on any atom is 0.126 e. The monoisotopic (exact) mass is 326 g/mol. The van der Waals surface area contributed by atoms with Crippen molar-refractivity contribution in [2.75, 3.05) is 7.11 Å². The molecule has 0 atom stereocenters. The van der Waals surface area contributed by atoms with E-state index >= 15 is 0 Å². The van der Waals surface area contributed by atoms with Crippen LogP contribution in [0.2, 0.25) is 0 Å². The molecular formula is C22H30O2. The third-order valence-electron chi connectivity index (χ3n) is 4.43. The van der Waals surface area contributed by atoms with E-state index in [-0.39, 0.29) is 0 Å². The minimum absolute atomic E-state index is 0.304. The van der Waals surface area contributed by atoms with Gasteiger partial charge in [-0.1, -0.05) is 51.5 Å². The number of hydrogen-bond donors (Lipinski definition) is 1. The lowest BCUT2D eigenvalue weighted by Crippen LogP contribution is -2.01. The van der Waals surface area contributed by atoms with Gasteiger partial charge in [0.2, 0.25) is 0 Å². The number of aryl methyl sites for hydroxylation is 1. The number of fused-ring (bicyclic) bond motifs is 2. The molecule has 0 aliphatic heterocycles. The molecule has 0 spiro atoms. The summed E-state index contributed by atoms with van der Waals surface area (Å²) in [6.45, 7) is 6.61. The van der Waals surface area contributed by atoms with E-state index < -0.39 is 0 Å². The van der Waals surface area contributed by atoms with Crippen molar-refractivity contribution >= 4 is 0 Å². The molecule has 3 rings (SSSR count). The first kappa shape index (κ1) is 18.4. The number of aromatic hydroxyl groups is 1. The Morgan fingerprint density at radius 3 is 2.17 bits per heavy atom. The van der Waals surface area contributed by atoms with Crippen molar-refractivity contribution in [2.24, 2.45) is 5.92 Å². The molecule has 0 aromatic heterocycles. The van der Waals surface area contributed by atoms with E-state index in [1.165, 1.54) is 28.7 Å². The molecule has 2 nitrogen and oxygen atoms in total. The molecule has 2 heteroatoms. The number of ether oxygens (including phenoxy) is 1. The Morgan fingerprint density at radius 1 is 1.08 bits per heavy atom. The lowest BCUT2D eigenvalue weighted by Gasteiger charge is -2.15. The zero-order valence-electron chi connectivity index (χ0n) is 15.4. The van der Waals surface area contributed by atoms with Crippen LogP contribution in [0.25, 0.3) is 0 Å². The zero-order valence-corrected chi connectivity index (χ0v) is 15.4. The van der Waals surface area contributed by atoms with Gasteiger partial charge in [0.15, 0.2) is 0 Å². The molecule has 1 aromatic rings. The fourth-order valence-electron chi connectivity index (χ4n) is 3.09. The summed E-state index contributed by atoms with van der Waals surface area (Å²) in [5.41, 5.74) is 5.43. The molecule has 0 amide bonds. The minimum Gasteiger partial charge on any atom is -0.508 e. The van der Waals surface area contributed by atoms with Crippen molar-refractivity contribution in [1.29, 1.82) is 0 Å². The minimum atomic E-state index is 0.304. The normalized spacial score (nSPS) is 14.4. The highest BCUT2D eigenvalue weighted by molar-refractivity contribution is 5.49. The summed E-state index contributed by atoms with van der Waals surface area (Å²) in [5.74, 6) is 1.82. The number of hydrogen-bond acceptors (Lipinski definition) is 2. The molecule has 0 saturated carbocycles. The molecule has 1 aromatic carbocycles. The van der Waals surface area contributed by atoms with Gasteiger partial charge < -0.3 is 9.84 Å². The lowest BCUT2D eigenvalue weighted by molar-refractivity contribution is 0.399. The van der Waals surface area contributed by atoms with Gasteiger partial charge in [0.05, 0.1) is 7.11 Å². The average molecular weight is 326 g/mol. The SMILES string of the molecule is C1=CC2=CC=C1C2.CCCc1cc(O)cc(OC)c1CCC(C)C. The molecule has 0 heterocycles. The average Bonchev–Trinajstić information content (AvgIpc) is 3.19. The van der Waals surface area contributed by atoms with Crippen LogP contribution in [0.3, 0.4) is 0 Å². The number of methoxy groups -OCH3 is 1. The smallest absolute Gasteiger partial charge is 0.126 e. The van der Waals surface area contributed by atoms with Crippen LogP contribution in [0.5, 0.6) is 11.5 Å². The number of phenolic OH excluding ortho intramolecular Hbond substituents is 1. The number of phenols is 1. The molecule has 0 fully saturated rings. The van der Waals surface area contributed by atoms with Crippen LogP contribution in [0.1, 0.15) is 51.2 Å². The Hall–Kier alpha value is -1.96. The summed E-state index contributed by atoms with van der Waals surface area (Å²) in [5, 5.41) is 9.67. The second-order valence-electron chi connectivity index (χ2n) is 6.96.